The van der Waals surface area contributed by atoms with E-state index in [0.717, 1.165) is 54.2 Å². The van der Waals surface area contributed by atoms with Gasteiger partial charge in [0.15, 0.2) is 5.82 Å². The van der Waals surface area contributed by atoms with Crippen molar-refractivity contribution < 1.29 is 14.3 Å². The molecule has 2 N–H and O–H groups in total. The normalized spacial score (nSPS) is 20.4. The summed E-state index contributed by atoms with van der Waals surface area (Å²) in [7, 11) is 1.57. The van der Waals surface area contributed by atoms with Gasteiger partial charge in [-0.3, -0.25) is 9.59 Å². The van der Waals surface area contributed by atoms with Crippen LogP contribution in [0.15, 0.2) is 18.2 Å². The Hall–Kier alpha value is -2.74. The topological polar surface area (TPSA) is 98.1 Å². The molecule has 2 saturated carbocycles. The molecule has 2 aromatic rings. The number of nitrogens with zero attached hydrogens (tertiary/aromatic N) is 3. The zero-order valence-electron chi connectivity index (χ0n) is 21.6. The third-order valence-electron chi connectivity index (χ3n) is 7.08. The lowest BCUT2D eigenvalue weighted by Gasteiger charge is -2.36. The van der Waals surface area contributed by atoms with E-state index in [0.29, 0.717) is 23.7 Å². The first-order valence-electron chi connectivity index (χ1n) is 12.9. The SMILES string of the molecule is CNC(=O)CO[C@@H](CC(=O)Nc1ccc(C)cc1C)c1nnc([C@H]2C[C@@H](CC(C)C)C2)n1C1CC1. The quantitative estimate of drug-likeness (QED) is 0.489. The third kappa shape index (κ3) is 6.28. The fraction of sp³-hybridized carbons (Fsp3) is 0.630. The molecule has 1 atom stereocenters. The summed E-state index contributed by atoms with van der Waals surface area (Å²) in [6.07, 6.45) is 5.10. The van der Waals surface area contributed by atoms with Crippen molar-refractivity contribution in [3.63, 3.8) is 0 Å². The fourth-order valence-electron chi connectivity index (χ4n) is 5.12. The van der Waals surface area contributed by atoms with Crippen LogP contribution in [-0.4, -0.2) is 40.2 Å². The number of aromatic nitrogens is 3. The van der Waals surface area contributed by atoms with Crippen molar-refractivity contribution in [3.8, 4) is 0 Å². The first-order valence-corrected chi connectivity index (χ1v) is 12.9. The number of carbonyl (C=O) groups is 2. The van der Waals surface area contributed by atoms with E-state index < -0.39 is 6.10 Å². The molecule has 0 unspecified atom stereocenters. The number of rotatable bonds is 11. The van der Waals surface area contributed by atoms with E-state index in [4.69, 9.17) is 4.74 Å². The van der Waals surface area contributed by atoms with Crippen molar-refractivity contribution in [3.05, 3.63) is 41.0 Å². The molecule has 190 valence electrons. The summed E-state index contributed by atoms with van der Waals surface area (Å²) in [5.74, 6) is 3.13. The van der Waals surface area contributed by atoms with E-state index in [1.165, 1.54) is 6.42 Å². The Labute approximate surface area is 208 Å². The Morgan fingerprint density at radius 1 is 1.14 bits per heavy atom. The number of hydrogen-bond acceptors (Lipinski definition) is 5. The number of anilines is 1. The van der Waals surface area contributed by atoms with Crippen LogP contribution in [0.4, 0.5) is 5.69 Å². The van der Waals surface area contributed by atoms with E-state index in [9.17, 15) is 9.59 Å². The second kappa shape index (κ2) is 10.9. The van der Waals surface area contributed by atoms with Gasteiger partial charge in [-0.1, -0.05) is 31.5 Å². The van der Waals surface area contributed by atoms with Gasteiger partial charge < -0.3 is 19.9 Å². The summed E-state index contributed by atoms with van der Waals surface area (Å²) in [5.41, 5.74) is 2.93. The third-order valence-corrected chi connectivity index (χ3v) is 7.08. The molecule has 35 heavy (non-hydrogen) atoms. The minimum atomic E-state index is -0.647. The molecule has 8 heteroatoms. The van der Waals surface area contributed by atoms with Crippen LogP contribution in [-0.2, 0) is 14.3 Å². The second-order valence-corrected chi connectivity index (χ2v) is 10.7. The summed E-state index contributed by atoms with van der Waals surface area (Å²) in [4.78, 5) is 25.0. The van der Waals surface area contributed by atoms with E-state index in [1.54, 1.807) is 7.05 Å². The highest BCUT2D eigenvalue weighted by molar-refractivity contribution is 5.91. The molecule has 1 aromatic carbocycles. The molecule has 8 nitrogen and oxygen atoms in total. The molecular formula is C27H39N5O3. The number of hydrogen-bond donors (Lipinski definition) is 2. The average Bonchev–Trinajstić information content (AvgIpc) is 3.53. The van der Waals surface area contributed by atoms with Crippen molar-refractivity contribution >= 4 is 17.5 Å². The predicted molar refractivity (Wildman–Crippen MR) is 135 cm³/mol. The van der Waals surface area contributed by atoms with Gasteiger partial charge in [-0.05, 0) is 69.4 Å². The summed E-state index contributed by atoms with van der Waals surface area (Å²) in [6.45, 7) is 8.41. The van der Waals surface area contributed by atoms with Crippen molar-refractivity contribution in [1.82, 2.24) is 20.1 Å². The second-order valence-electron chi connectivity index (χ2n) is 10.7. The minimum absolute atomic E-state index is 0.0653. The average molecular weight is 482 g/mol. The van der Waals surface area contributed by atoms with Crippen molar-refractivity contribution in [2.75, 3.05) is 19.0 Å². The van der Waals surface area contributed by atoms with Gasteiger partial charge in [0, 0.05) is 24.7 Å². The van der Waals surface area contributed by atoms with Crippen LogP contribution in [0.3, 0.4) is 0 Å². The Bertz CT molecular complexity index is 1050. The van der Waals surface area contributed by atoms with Gasteiger partial charge in [0.2, 0.25) is 11.8 Å². The van der Waals surface area contributed by atoms with Crippen molar-refractivity contribution in [2.24, 2.45) is 11.8 Å². The number of benzene rings is 1. The molecule has 2 aliphatic rings. The smallest absolute Gasteiger partial charge is 0.245 e. The highest BCUT2D eigenvalue weighted by atomic mass is 16.5. The molecule has 0 saturated heterocycles. The molecule has 0 spiro atoms. The Morgan fingerprint density at radius 2 is 1.89 bits per heavy atom. The predicted octanol–water partition coefficient (Wildman–Crippen LogP) is 4.60. The lowest BCUT2D eigenvalue weighted by atomic mass is 9.71. The molecule has 0 aliphatic heterocycles. The lowest BCUT2D eigenvalue weighted by Crippen LogP contribution is -2.28. The van der Waals surface area contributed by atoms with Gasteiger partial charge >= 0.3 is 0 Å². The van der Waals surface area contributed by atoms with E-state index in [-0.39, 0.29) is 24.8 Å². The van der Waals surface area contributed by atoms with Crippen LogP contribution in [0.1, 0.15) is 93.2 Å². The van der Waals surface area contributed by atoms with E-state index in [1.807, 2.05) is 32.0 Å². The van der Waals surface area contributed by atoms with Crippen LogP contribution in [0.5, 0.6) is 0 Å². The molecule has 2 amide bonds. The van der Waals surface area contributed by atoms with Crippen LogP contribution in [0.25, 0.3) is 0 Å². The summed E-state index contributed by atoms with van der Waals surface area (Å²) in [5, 5.41) is 14.7. The van der Waals surface area contributed by atoms with Crippen molar-refractivity contribution in [1.29, 1.82) is 0 Å². The van der Waals surface area contributed by atoms with Gasteiger partial charge in [-0.2, -0.15) is 0 Å². The highest BCUT2D eigenvalue weighted by Crippen LogP contribution is 2.47. The van der Waals surface area contributed by atoms with Crippen LogP contribution in [0.2, 0.25) is 0 Å². The molecule has 0 bridgehead atoms. The number of ether oxygens (including phenoxy) is 1. The maximum absolute atomic E-state index is 13.0. The zero-order chi connectivity index (χ0) is 25.1. The standard InChI is InChI=1S/C27H39N5O3/c1-16(2)10-19-12-20(13-19)26-30-31-27(32(26)21-7-8-21)23(35-15-25(34)28-5)14-24(33)29-22-9-6-17(3)11-18(22)4/h6,9,11,16,19-21,23H,7-8,10,12-15H2,1-5H3,(H,28,34)(H,29,33)/t19-,20+,23-/m0/s1. The minimum Gasteiger partial charge on any atom is -0.360 e. The lowest BCUT2D eigenvalue weighted by molar-refractivity contribution is -0.130. The van der Waals surface area contributed by atoms with Crippen LogP contribution < -0.4 is 10.6 Å². The monoisotopic (exact) mass is 481 g/mol. The van der Waals surface area contributed by atoms with Gasteiger partial charge in [0.05, 0.1) is 6.42 Å². The number of aryl methyl sites for hydroxylation is 2. The summed E-state index contributed by atoms with van der Waals surface area (Å²) < 4.78 is 8.20. The van der Waals surface area contributed by atoms with Crippen LogP contribution >= 0.6 is 0 Å². The van der Waals surface area contributed by atoms with E-state index in [2.05, 4.69) is 39.2 Å². The van der Waals surface area contributed by atoms with Gasteiger partial charge in [-0.15, -0.1) is 10.2 Å². The molecular weight excluding hydrogens is 442 g/mol. The number of amides is 2. The number of likely N-dealkylation sites (N-methyl/N-ethyl adjacent to an activating group) is 1. The highest BCUT2D eigenvalue weighted by Gasteiger charge is 2.40. The molecule has 1 heterocycles. The number of nitrogens with one attached hydrogen (secondary N) is 2. The summed E-state index contributed by atoms with van der Waals surface area (Å²) in [6, 6.07) is 6.28. The molecule has 1 aromatic heterocycles. The first-order chi connectivity index (χ1) is 16.7. The molecule has 0 radical (unpaired) electrons. The maximum atomic E-state index is 13.0. The van der Waals surface area contributed by atoms with E-state index >= 15 is 0 Å². The van der Waals surface area contributed by atoms with Crippen LogP contribution in [0, 0.1) is 25.7 Å². The maximum Gasteiger partial charge on any atom is 0.245 e. The van der Waals surface area contributed by atoms with Crippen molar-refractivity contribution in [2.45, 2.75) is 84.3 Å². The fourth-order valence-corrected chi connectivity index (χ4v) is 5.12. The zero-order valence-corrected chi connectivity index (χ0v) is 21.6. The summed E-state index contributed by atoms with van der Waals surface area (Å²) >= 11 is 0. The molecule has 4 rings (SSSR count). The van der Waals surface area contributed by atoms with Gasteiger partial charge in [-0.25, -0.2) is 0 Å². The van der Waals surface area contributed by atoms with Gasteiger partial charge in [0.25, 0.3) is 0 Å². The Morgan fingerprint density at radius 3 is 2.51 bits per heavy atom. The Kier molecular flexibility index (Phi) is 7.89. The number of carbonyl (C=O) groups excluding carboxylic acids is 2. The van der Waals surface area contributed by atoms with Gasteiger partial charge in [0.1, 0.15) is 18.5 Å². The Balaban J connectivity index is 1.52. The molecule has 2 fully saturated rings. The first kappa shape index (κ1) is 25.4. The molecule has 2 aliphatic carbocycles. The largest absolute Gasteiger partial charge is 0.360 e.